The summed E-state index contributed by atoms with van der Waals surface area (Å²) >= 11 is 1.57. The van der Waals surface area contributed by atoms with Crippen molar-refractivity contribution in [3.05, 3.63) is 59.4 Å². The number of nitrogens with zero attached hydrogens (tertiary/aromatic N) is 2. The monoisotopic (exact) mass is 254 g/mol. The van der Waals surface area contributed by atoms with Gasteiger partial charge >= 0.3 is 0 Å². The Labute approximate surface area is 108 Å². The number of carbonyl (C=O) groups is 1. The molecule has 0 aliphatic rings. The first-order chi connectivity index (χ1) is 8.83. The van der Waals surface area contributed by atoms with Crippen LogP contribution in [-0.2, 0) is 6.42 Å². The van der Waals surface area contributed by atoms with Gasteiger partial charge in [-0.2, -0.15) is 0 Å². The van der Waals surface area contributed by atoms with E-state index in [1.807, 2.05) is 24.3 Å². The molecule has 0 atom stereocenters. The molecule has 0 fully saturated rings. The van der Waals surface area contributed by atoms with Crippen molar-refractivity contribution in [1.29, 1.82) is 0 Å². The number of ketones is 1. The zero-order valence-electron chi connectivity index (χ0n) is 9.54. The number of thiazole rings is 1. The predicted molar refractivity (Wildman–Crippen MR) is 71.9 cm³/mol. The average molecular weight is 254 g/mol. The third-order valence-electron chi connectivity index (χ3n) is 2.63. The lowest BCUT2D eigenvalue weighted by molar-refractivity contribution is 0.0992. The molecule has 3 nitrogen and oxygen atoms in total. The van der Waals surface area contributed by atoms with Crippen LogP contribution in [0.5, 0.6) is 0 Å². The van der Waals surface area contributed by atoms with E-state index in [1.165, 1.54) is 0 Å². The molecule has 3 aromatic rings. The molecule has 0 saturated carbocycles. The van der Waals surface area contributed by atoms with Gasteiger partial charge in [-0.1, -0.05) is 12.1 Å². The Morgan fingerprint density at radius 3 is 2.83 bits per heavy atom. The minimum absolute atomic E-state index is 0.0576. The van der Waals surface area contributed by atoms with E-state index in [1.54, 1.807) is 35.9 Å². The summed E-state index contributed by atoms with van der Waals surface area (Å²) in [6.45, 7) is 0. The summed E-state index contributed by atoms with van der Waals surface area (Å²) in [5.74, 6) is 0.0576. The van der Waals surface area contributed by atoms with E-state index in [2.05, 4.69) is 9.97 Å². The van der Waals surface area contributed by atoms with Gasteiger partial charge < -0.3 is 0 Å². The Kier molecular flexibility index (Phi) is 2.86. The van der Waals surface area contributed by atoms with Crippen molar-refractivity contribution in [3.8, 4) is 0 Å². The highest BCUT2D eigenvalue weighted by Gasteiger charge is 2.10. The Bertz CT molecular complexity index is 658. The molecular formula is C14H10N2OS. The van der Waals surface area contributed by atoms with Crippen LogP contribution in [0.3, 0.4) is 0 Å². The second-order valence-corrected chi connectivity index (χ2v) is 5.03. The normalized spacial score (nSPS) is 10.7. The molecule has 0 saturated heterocycles. The van der Waals surface area contributed by atoms with Gasteiger partial charge in [0.25, 0.3) is 0 Å². The lowest BCUT2D eigenvalue weighted by atomic mass is 10.1. The molecule has 0 aliphatic carbocycles. The number of fused-ring (bicyclic) bond motifs is 1. The topological polar surface area (TPSA) is 42.9 Å². The van der Waals surface area contributed by atoms with Gasteiger partial charge in [-0.05, 0) is 24.3 Å². The van der Waals surface area contributed by atoms with E-state index in [0.29, 0.717) is 12.0 Å². The molecule has 0 unspecified atom stereocenters. The van der Waals surface area contributed by atoms with Crippen molar-refractivity contribution < 1.29 is 4.79 Å². The van der Waals surface area contributed by atoms with Crippen molar-refractivity contribution in [3.63, 3.8) is 0 Å². The highest BCUT2D eigenvalue weighted by molar-refractivity contribution is 7.18. The summed E-state index contributed by atoms with van der Waals surface area (Å²) < 4.78 is 1.12. The molecule has 0 radical (unpaired) electrons. The Hall–Kier alpha value is -2.07. The Balaban J connectivity index is 1.86. The first-order valence-corrected chi connectivity index (χ1v) is 6.42. The standard InChI is InChI=1S/C14H10N2OS/c17-12(10-4-3-7-15-9-10)8-14-16-11-5-1-2-6-13(11)18-14/h1-7,9H,8H2. The molecular weight excluding hydrogens is 244 g/mol. The number of carbonyl (C=O) groups excluding carboxylic acids is 1. The molecule has 0 spiro atoms. The first kappa shape index (κ1) is 11.0. The summed E-state index contributed by atoms with van der Waals surface area (Å²) in [4.78, 5) is 20.4. The average Bonchev–Trinajstić information content (AvgIpc) is 2.82. The molecule has 1 aromatic carbocycles. The van der Waals surface area contributed by atoms with Crippen LogP contribution in [0.25, 0.3) is 10.2 Å². The molecule has 3 rings (SSSR count). The number of Topliss-reactive ketones (excluding diaryl/α,β-unsaturated/α-hetero) is 1. The maximum Gasteiger partial charge on any atom is 0.171 e. The van der Waals surface area contributed by atoms with E-state index in [4.69, 9.17) is 0 Å². The van der Waals surface area contributed by atoms with Crippen LogP contribution in [-0.4, -0.2) is 15.8 Å². The fraction of sp³-hybridized carbons (Fsp3) is 0.0714. The van der Waals surface area contributed by atoms with Crippen LogP contribution in [0, 0.1) is 0 Å². The largest absolute Gasteiger partial charge is 0.294 e. The van der Waals surface area contributed by atoms with Crippen LogP contribution in [0.2, 0.25) is 0 Å². The molecule has 0 aliphatic heterocycles. The number of pyridine rings is 1. The van der Waals surface area contributed by atoms with Crippen LogP contribution < -0.4 is 0 Å². The maximum absolute atomic E-state index is 12.0. The van der Waals surface area contributed by atoms with Gasteiger partial charge in [-0.15, -0.1) is 11.3 Å². The summed E-state index contributed by atoms with van der Waals surface area (Å²) in [6.07, 6.45) is 3.59. The number of aromatic nitrogens is 2. The molecule has 0 amide bonds. The predicted octanol–water partition coefficient (Wildman–Crippen LogP) is 3.12. The first-order valence-electron chi connectivity index (χ1n) is 5.60. The van der Waals surface area contributed by atoms with E-state index < -0.39 is 0 Å². The minimum atomic E-state index is 0.0576. The molecule has 0 N–H and O–H groups in total. The van der Waals surface area contributed by atoms with Crippen LogP contribution >= 0.6 is 11.3 Å². The minimum Gasteiger partial charge on any atom is -0.294 e. The number of rotatable bonds is 3. The second-order valence-electron chi connectivity index (χ2n) is 3.92. The number of benzene rings is 1. The molecule has 2 heterocycles. The molecule has 0 bridgehead atoms. The van der Waals surface area contributed by atoms with Crippen molar-refractivity contribution >= 4 is 27.3 Å². The van der Waals surface area contributed by atoms with E-state index >= 15 is 0 Å². The third kappa shape index (κ3) is 2.15. The lowest BCUT2D eigenvalue weighted by Gasteiger charge is -1.96. The summed E-state index contributed by atoms with van der Waals surface area (Å²) in [5, 5.41) is 0.852. The zero-order chi connectivity index (χ0) is 12.4. The van der Waals surface area contributed by atoms with Gasteiger partial charge in [-0.3, -0.25) is 9.78 Å². The van der Waals surface area contributed by atoms with Crippen LogP contribution in [0.15, 0.2) is 48.8 Å². The second kappa shape index (κ2) is 4.66. The van der Waals surface area contributed by atoms with Gasteiger partial charge in [0.05, 0.1) is 16.6 Å². The number of hydrogen-bond acceptors (Lipinski definition) is 4. The quantitative estimate of drug-likeness (QED) is 0.674. The zero-order valence-corrected chi connectivity index (χ0v) is 10.4. The Morgan fingerprint density at radius 2 is 2.06 bits per heavy atom. The van der Waals surface area contributed by atoms with Crippen LogP contribution in [0.4, 0.5) is 0 Å². The fourth-order valence-corrected chi connectivity index (χ4v) is 2.73. The van der Waals surface area contributed by atoms with Gasteiger partial charge in [0.1, 0.15) is 5.01 Å². The summed E-state index contributed by atoms with van der Waals surface area (Å²) in [6, 6.07) is 11.5. The van der Waals surface area contributed by atoms with Crippen molar-refractivity contribution in [2.45, 2.75) is 6.42 Å². The maximum atomic E-state index is 12.0. The highest BCUT2D eigenvalue weighted by atomic mass is 32.1. The molecule has 2 aromatic heterocycles. The van der Waals surface area contributed by atoms with E-state index in [9.17, 15) is 4.79 Å². The van der Waals surface area contributed by atoms with Gasteiger partial charge in [0, 0.05) is 18.0 Å². The molecule has 4 heteroatoms. The van der Waals surface area contributed by atoms with Crippen molar-refractivity contribution in [2.75, 3.05) is 0 Å². The fourth-order valence-electron chi connectivity index (χ4n) is 1.76. The summed E-state index contributed by atoms with van der Waals surface area (Å²) in [5.41, 5.74) is 1.59. The highest BCUT2D eigenvalue weighted by Crippen LogP contribution is 2.22. The number of hydrogen-bond donors (Lipinski definition) is 0. The summed E-state index contributed by atoms with van der Waals surface area (Å²) in [7, 11) is 0. The SMILES string of the molecule is O=C(Cc1nc2ccccc2s1)c1cccnc1. The molecule has 88 valence electrons. The van der Waals surface area contributed by atoms with Crippen molar-refractivity contribution in [1.82, 2.24) is 9.97 Å². The molecule has 18 heavy (non-hydrogen) atoms. The lowest BCUT2D eigenvalue weighted by Crippen LogP contribution is -2.03. The van der Waals surface area contributed by atoms with Crippen molar-refractivity contribution in [2.24, 2.45) is 0 Å². The van der Waals surface area contributed by atoms with Gasteiger partial charge in [0.2, 0.25) is 0 Å². The number of para-hydroxylation sites is 1. The van der Waals surface area contributed by atoms with Gasteiger partial charge in [0.15, 0.2) is 5.78 Å². The van der Waals surface area contributed by atoms with E-state index in [0.717, 1.165) is 15.2 Å². The van der Waals surface area contributed by atoms with Crippen LogP contribution in [0.1, 0.15) is 15.4 Å². The smallest absolute Gasteiger partial charge is 0.171 e. The third-order valence-corrected chi connectivity index (χ3v) is 3.67. The van der Waals surface area contributed by atoms with Gasteiger partial charge in [-0.25, -0.2) is 4.98 Å². The van der Waals surface area contributed by atoms with E-state index in [-0.39, 0.29) is 5.78 Å². The Morgan fingerprint density at radius 1 is 1.17 bits per heavy atom.